The van der Waals surface area contributed by atoms with Gasteiger partial charge >= 0.3 is 0 Å². The van der Waals surface area contributed by atoms with E-state index in [0.717, 1.165) is 24.2 Å². The van der Waals surface area contributed by atoms with Crippen molar-refractivity contribution in [3.63, 3.8) is 0 Å². The van der Waals surface area contributed by atoms with Crippen LogP contribution in [0.25, 0.3) is 0 Å². The zero-order valence-corrected chi connectivity index (χ0v) is 11.2. The van der Waals surface area contributed by atoms with Gasteiger partial charge in [0.2, 0.25) is 5.91 Å². The molecule has 1 N–H and O–H groups in total. The average molecular weight is 235 g/mol. The number of hydrogen-bond acceptors (Lipinski definition) is 1. The summed E-state index contributed by atoms with van der Waals surface area (Å²) in [5, 5.41) is 3.25. The lowest BCUT2D eigenvalue weighted by atomic mass is 9.49. The molecule has 4 saturated carbocycles. The first-order chi connectivity index (χ1) is 8.11. The average Bonchev–Trinajstić information content (AvgIpc) is 2.26. The van der Waals surface area contributed by atoms with Gasteiger partial charge in [0.05, 0.1) is 0 Å². The summed E-state index contributed by atoms with van der Waals surface area (Å²) in [5.41, 5.74) is 0.0399. The molecule has 0 aromatic heterocycles. The van der Waals surface area contributed by atoms with Gasteiger partial charge < -0.3 is 5.32 Å². The van der Waals surface area contributed by atoms with E-state index in [4.69, 9.17) is 0 Å². The van der Waals surface area contributed by atoms with Gasteiger partial charge in [0, 0.05) is 11.5 Å². The molecule has 0 radical (unpaired) electrons. The van der Waals surface area contributed by atoms with Crippen molar-refractivity contribution in [2.24, 2.45) is 23.2 Å². The lowest BCUT2D eigenvalue weighted by molar-refractivity contribution is -0.146. The van der Waals surface area contributed by atoms with Crippen LogP contribution >= 0.6 is 0 Å². The molecular weight excluding hydrogens is 210 g/mol. The van der Waals surface area contributed by atoms with Gasteiger partial charge in [-0.2, -0.15) is 0 Å². The Hall–Kier alpha value is -0.530. The molecule has 4 fully saturated rings. The lowest BCUT2D eigenvalue weighted by Gasteiger charge is -2.55. The molecule has 96 valence electrons. The zero-order valence-electron chi connectivity index (χ0n) is 11.2. The van der Waals surface area contributed by atoms with E-state index >= 15 is 0 Å². The highest BCUT2D eigenvalue weighted by atomic mass is 16.2. The molecule has 4 aliphatic carbocycles. The molecule has 4 bridgehead atoms. The van der Waals surface area contributed by atoms with Crippen molar-refractivity contribution in [3.8, 4) is 0 Å². The Kier molecular flexibility index (Phi) is 2.72. The molecule has 0 heterocycles. The maximum atomic E-state index is 12.6. The second-order valence-electron chi connectivity index (χ2n) is 6.98. The Labute approximate surface area is 105 Å². The predicted octanol–water partition coefficient (Wildman–Crippen LogP) is 3.12. The summed E-state index contributed by atoms with van der Waals surface area (Å²) < 4.78 is 0. The summed E-state index contributed by atoms with van der Waals surface area (Å²) in [6.45, 7) is 4.27. The van der Waals surface area contributed by atoms with Crippen molar-refractivity contribution in [2.45, 2.75) is 64.8 Å². The third-order valence-electron chi connectivity index (χ3n) is 5.51. The van der Waals surface area contributed by atoms with E-state index in [1.54, 1.807) is 0 Å². The van der Waals surface area contributed by atoms with Crippen LogP contribution in [0.2, 0.25) is 0 Å². The quantitative estimate of drug-likeness (QED) is 0.800. The summed E-state index contributed by atoms with van der Waals surface area (Å²) in [7, 11) is 0. The van der Waals surface area contributed by atoms with Crippen molar-refractivity contribution in [3.05, 3.63) is 0 Å². The van der Waals surface area contributed by atoms with Crippen molar-refractivity contribution < 1.29 is 4.79 Å². The van der Waals surface area contributed by atoms with E-state index < -0.39 is 0 Å². The minimum absolute atomic E-state index is 0.0399. The number of carbonyl (C=O) groups is 1. The smallest absolute Gasteiger partial charge is 0.226 e. The predicted molar refractivity (Wildman–Crippen MR) is 68.5 cm³/mol. The van der Waals surface area contributed by atoms with Crippen LogP contribution in [0.1, 0.15) is 58.8 Å². The molecule has 0 spiro atoms. The largest absolute Gasteiger partial charge is 0.353 e. The van der Waals surface area contributed by atoms with Gasteiger partial charge in [-0.15, -0.1) is 0 Å². The van der Waals surface area contributed by atoms with Gasteiger partial charge in [-0.05, 0) is 69.6 Å². The van der Waals surface area contributed by atoms with Crippen LogP contribution in [-0.4, -0.2) is 11.9 Å². The van der Waals surface area contributed by atoms with Gasteiger partial charge in [-0.3, -0.25) is 4.79 Å². The van der Waals surface area contributed by atoms with Gasteiger partial charge in [0.15, 0.2) is 0 Å². The number of amides is 1. The third-order valence-corrected chi connectivity index (χ3v) is 5.51. The molecule has 1 amide bonds. The Morgan fingerprint density at radius 3 is 2.06 bits per heavy atom. The van der Waals surface area contributed by atoms with E-state index in [0.29, 0.717) is 11.9 Å². The molecule has 2 heteroatoms. The Morgan fingerprint density at radius 1 is 1.18 bits per heavy atom. The highest BCUT2D eigenvalue weighted by Crippen LogP contribution is 2.60. The van der Waals surface area contributed by atoms with Crippen LogP contribution < -0.4 is 5.32 Å². The van der Waals surface area contributed by atoms with Gasteiger partial charge in [-0.1, -0.05) is 6.92 Å². The first kappa shape index (κ1) is 11.6. The maximum Gasteiger partial charge on any atom is 0.226 e. The zero-order chi connectivity index (χ0) is 12.0. The van der Waals surface area contributed by atoms with E-state index in [1.165, 1.54) is 38.5 Å². The first-order valence-electron chi connectivity index (χ1n) is 7.42. The van der Waals surface area contributed by atoms with Crippen LogP contribution in [0.15, 0.2) is 0 Å². The second-order valence-corrected chi connectivity index (χ2v) is 6.98. The number of rotatable bonds is 3. The molecule has 2 nitrogen and oxygen atoms in total. The van der Waals surface area contributed by atoms with E-state index in [1.807, 2.05) is 0 Å². The molecule has 0 unspecified atom stereocenters. The van der Waals surface area contributed by atoms with Gasteiger partial charge in [0.25, 0.3) is 0 Å². The van der Waals surface area contributed by atoms with E-state index in [-0.39, 0.29) is 5.41 Å². The fourth-order valence-electron chi connectivity index (χ4n) is 4.87. The summed E-state index contributed by atoms with van der Waals surface area (Å²) in [5.74, 6) is 2.97. The van der Waals surface area contributed by atoms with Crippen molar-refractivity contribution in [1.29, 1.82) is 0 Å². The van der Waals surface area contributed by atoms with Crippen LogP contribution in [0, 0.1) is 23.2 Å². The van der Waals surface area contributed by atoms with Crippen LogP contribution in [0.4, 0.5) is 0 Å². The van der Waals surface area contributed by atoms with Gasteiger partial charge in [0.1, 0.15) is 0 Å². The highest BCUT2D eigenvalue weighted by molar-refractivity contribution is 5.83. The molecule has 0 aromatic rings. The van der Waals surface area contributed by atoms with Crippen molar-refractivity contribution >= 4 is 5.91 Å². The third kappa shape index (κ3) is 1.90. The second kappa shape index (κ2) is 4.00. The van der Waals surface area contributed by atoms with Crippen LogP contribution in [0.3, 0.4) is 0 Å². The molecule has 0 saturated heterocycles. The van der Waals surface area contributed by atoms with E-state index in [2.05, 4.69) is 19.2 Å². The fourth-order valence-corrected chi connectivity index (χ4v) is 4.87. The molecule has 4 aliphatic rings. The fraction of sp³-hybridized carbons (Fsp3) is 0.933. The number of hydrogen-bond donors (Lipinski definition) is 1. The molecule has 1 atom stereocenters. The summed E-state index contributed by atoms with van der Waals surface area (Å²) in [6.07, 6.45) is 8.82. The number of carbonyl (C=O) groups excluding carboxylic acids is 1. The normalized spacial score (nSPS) is 44.7. The van der Waals surface area contributed by atoms with Crippen LogP contribution in [0.5, 0.6) is 0 Å². The Morgan fingerprint density at radius 2 is 1.65 bits per heavy atom. The Balaban J connectivity index is 1.75. The highest BCUT2D eigenvalue weighted by Gasteiger charge is 2.54. The number of nitrogens with one attached hydrogen (secondary N) is 1. The van der Waals surface area contributed by atoms with Crippen molar-refractivity contribution in [1.82, 2.24) is 5.32 Å². The molecule has 0 aromatic carbocycles. The minimum atomic E-state index is 0.0399. The topological polar surface area (TPSA) is 29.1 Å². The summed E-state index contributed by atoms with van der Waals surface area (Å²) in [6, 6.07) is 0.343. The van der Waals surface area contributed by atoms with Gasteiger partial charge in [-0.25, -0.2) is 0 Å². The maximum absolute atomic E-state index is 12.6. The summed E-state index contributed by atoms with van der Waals surface area (Å²) >= 11 is 0. The minimum Gasteiger partial charge on any atom is -0.353 e. The lowest BCUT2D eigenvalue weighted by Crippen LogP contribution is -2.54. The standard InChI is InChI=1S/C15H25NO/c1-3-10(2)16-14(17)15-7-11-4-12(8-15)6-13(5-11)9-15/h10-13H,3-9H2,1-2H3,(H,16,17)/t10-,11?,12?,13?,15?/m0/s1. The van der Waals surface area contributed by atoms with E-state index in [9.17, 15) is 4.79 Å². The molecular formula is C15H25NO. The molecule has 17 heavy (non-hydrogen) atoms. The van der Waals surface area contributed by atoms with Crippen molar-refractivity contribution in [2.75, 3.05) is 0 Å². The van der Waals surface area contributed by atoms with Crippen LogP contribution in [-0.2, 0) is 4.79 Å². The SMILES string of the molecule is CC[C@H](C)NC(=O)C12CC3CC(CC(C3)C1)C2. The first-order valence-corrected chi connectivity index (χ1v) is 7.42. The molecule has 4 rings (SSSR count). The summed E-state index contributed by atoms with van der Waals surface area (Å²) in [4.78, 5) is 12.6. The Bertz CT molecular complexity index is 288. The molecule has 0 aliphatic heterocycles. The monoisotopic (exact) mass is 235 g/mol.